The minimum absolute atomic E-state index is 0.0583. The van der Waals surface area contributed by atoms with Crippen LogP contribution in [0, 0.1) is 11.3 Å². The fourth-order valence-corrected chi connectivity index (χ4v) is 8.11. The van der Waals surface area contributed by atoms with Crippen molar-refractivity contribution in [2.45, 2.75) is 94.9 Å². The van der Waals surface area contributed by atoms with E-state index in [0.29, 0.717) is 32.4 Å². The van der Waals surface area contributed by atoms with E-state index in [1.54, 1.807) is 25.7 Å². The highest BCUT2D eigenvalue weighted by molar-refractivity contribution is 7.91. The Morgan fingerprint density at radius 3 is 2.57 bits per heavy atom. The summed E-state index contributed by atoms with van der Waals surface area (Å²) in [6, 6.07) is 3.44. The summed E-state index contributed by atoms with van der Waals surface area (Å²) in [6.45, 7) is 9.54. The first-order valence-electron chi connectivity index (χ1n) is 16.6. The Hall–Kier alpha value is -4.40. The van der Waals surface area contributed by atoms with Crippen LogP contribution in [0.5, 0.6) is 0 Å². The molecule has 49 heavy (non-hydrogen) atoms. The molecule has 2 aliphatic carbocycles. The Kier molecular flexibility index (Phi) is 9.01. The van der Waals surface area contributed by atoms with Gasteiger partial charge in [0.2, 0.25) is 21.8 Å². The highest BCUT2D eigenvalue weighted by atomic mass is 32.2. The van der Waals surface area contributed by atoms with Gasteiger partial charge in [-0.2, -0.15) is 0 Å². The second-order valence-corrected chi connectivity index (χ2v) is 16.5. The quantitative estimate of drug-likeness (QED) is 0.376. The summed E-state index contributed by atoms with van der Waals surface area (Å²) in [4.78, 5) is 70.9. The van der Waals surface area contributed by atoms with E-state index in [0.717, 1.165) is 16.7 Å². The molecular formula is C34H43N5O9S. The van der Waals surface area contributed by atoms with Gasteiger partial charge in [-0.15, -0.1) is 6.58 Å². The van der Waals surface area contributed by atoms with Crippen LogP contribution in [0.2, 0.25) is 0 Å². The zero-order valence-electron chi connectivity index (χ0n) is 27.9. The molecule has 0 unspecified atom stereocenters. The molecule has 4 bridgehead atoms. The number of nitrogens with zero attached hydrogens (tertiary/aromatic N) is 2. The molecule has 6 rings (SSSR count). The Balaban J connectivity index is 1.28. The van der Waals surface area contributed by atoms with Crippen molar-refractivity contribution in [1.29, 1.82) is 0 Å². The van der Waals surface area contributed by atoms with E-state index in [2.05, 4.69) is 21.9 Å². The van der Waals surface area contributed by atoms with Crippen LogP contribution in [0.1, 0.15) is 69.6 Å². The van der Waals surface area contributed by atoms with Crippen molar-refractivity contribution in [3.8, 4) is 0 Å². The number of sulfonamides is 1. The van der Waals surface area contributed by atoms with Crippen LogP contribution in [0.15, 0.2) is 36.9 Å². The molecule has 5 aliphatic rings. The van der Waals surface area contributed by atoms with E-state index < -0.39 is 80.2 Å². The maximum atomic E-state index is 14.3. The van der Waals surface area contributed by atoms with E-state index in [1.807, 2.05) is 30.4 Å². The van der Waals surface area contributed by atoms with E-state index in [1.165, 1.54) is 11.0 Å². The lowest BCUT2D eigenvalue weighted by Crippen LogP contribution is -2.60. The van der Waals surface area contributed by atoms with Crippen molar-refractivity contribution in [1.82, 2.24) is 25.2 Å². The molecule has 0 spiro atoms. The Morgan fingerprint density at radius 2 is 1.90 bits per heavy atom. The molecular weight excluding hydrogens is 654 g/mol. The maximum Gasteiger partial charge on any atom is 0.410 e. The predicted molar refractivity (Wildman–Crippen MR) is 177 cm³/mol. The number of nitrogens with one attached hydrogen (secondary N) is 3. The average Bonchev–Trinajstić information content (AvgIpc) is 3.92. The largest absolute Gasteiger partial charge is 0.449 e. The summed E-state index contributed by atoms with van der Waals surface area (Å²) >= 11 is 0. The van der Waals surface area contributed by atoms with Gasteiger partial charge in [-0.25, -0.2) is 18.0 Å². The second-order valence-electron chi connectivity index (χ2n) is 14.5. The number of hydrogen-bond acceptors (Lipinski definition) is 9. The summed E-state index contributed by atoms with van der Waals surface area (Å²) < 4.78 is 38.6. The molecule has 3 heterocycles. The van der Waals surface area contributed by atoms with Crippen LogP contribution in [0.25, 0.3) is 6.08 Å². The van der Waals surface area contributed by atoms with Crippen LogP contribution in [0.4, 0.5) is 9.59 Å². The lowest BCUT2D eigenvalue weighted by Gasteiger charge is -2.35. The molecule has 1 aromatic rings. The van der Waals surface area contributed by atoms with Crippen molar-refractivity contribution in [3.05, 3.63) is 53.6 Å². The Labute approximate surface area is 285 Å². The van der Waals surface area contributed by atoms with Crippen LogP contribution < -0.4 is 15.4 Å². The SMILES string of the molecule is C=C[C@@H]1C[C@]1(NC(=O)[C@@H]1C[C@@H]2CN1C(=O)[C@H](C(C)(C)C)NC(=O)OCC/C=C/c1cccc3c1CN(C3)C(=O)O2)C(=O)NS(=O)(=O)C1CC1. The van der Waals surface area contributed by atoms with Gasteiger partial charge in [0.15, 0.2) is 0 Å². The highest BCUT2D eigenvalue weighted by Gasteiger charge is 2.62. The third kappa shape index (κ3) is 7.03. The summed E-state index contributed by atoms with van der Waals surface area (Å²) in [5.74, 6) is -2.73. The molecule has 2 saturated carbocycles. The molecule has 14 nitrogen and oxygen atoms in total. The van der Waals surface area contributed by atoms with Gasteiger partial charge in [-0.3, -0.25) is 24.0 Å². The number of alkyl carbamates (subject to hydrolysis) is 1. The highest BCUT2D eigenvalue weighted by Crippen LogP contribution is 2.45. The number of fused-ring (bicyclic) bond motifs is 3. The second kappa shape index (κ2) is 12.8. The summed E-state index contributed by atoms with van der Waals surface area (Å²) in [6.07, 6.45) is 4.32. The lowest BCUT2D eigenvalue weighted by atomic mass is 9.85. The smallest absolute Gasteiger partial charge is 0.410 e. The van der Waals surface area contributed by atoms with Gasteiger partial charge in [0, 0.05) is 18.9 Å². The number of benzene rings is 1. The molecule has 5 amide bonds. The average molecular weight is 698 g/mol. The number of carbonyl (C=O) groups excluding carboxylic acids is 5. The van der Waals surface area contributed by atoms with Crippen molar-refractivity contribution in [2.24, 2.45) is 11.3 Å². The van der Waals surface area contributed by atoms with Crippen LogP contribution in [-0.4, -0.2) is 90.3 Å². The lowest BCUT2D eigenvalue weighted by molar-refractivity contribution is -0.142. The normalized spacial score (nSPS) is 29.5. The monoisotopic (exact) mass is 697 g/mol. The summed E-state index contributed by atoms with van der Waals surface area (Å²) in [5, 5.41) is 4.74. The van der Waals surface area contributed by atoms with Gasteiger partial charge in [-0.05, 0) is 47.8 Å². The first-order chi connectivity index (χ1) is 23.1. The summed E-state index contributed by atoms with van der Waals surface area (Å²) in [7, 11) is -3.90. The summed E-state index contributed by atoms with van der Waals surface area (Å²) in [5.41, 5.74) is 0.467. The van der Waals surface area contributed by atoms with Crippen molar-refractivity contribution < 1.29 is 41.9 Å². The number of rotatable bonds is 6. The molecule has 5 atom stereocenters. The number of cyclic esters (lactones) is 1. The van der Waals surface area contributed by atoms with E-state index >= 15 is 0 Å². The van der Waals surface area contributed by atoms with Crippen LogP contribution >= 0.6 is 0 Å². The minimum Gasteiger partial charge on any atom is -0.449 e. The fraction of sp³-hybridized carbons (Fsp3) is 0.559. The minimum atomic E-state index is -3.90. The number of hydrogen-bond donors (Lipinski definition) is 3. The molecule has 15 heteroatoms. The first kappa shape index (κ1) is 34.5. The molecule has 3 N–H and O–H groups in total. The van der Waals surface area contributed by atoms with Crippen LogP contribution in [0.3, 0.4) is 0 Å². The number of amides is 5. The zero-order chi connectivity index (χ0) is 35.3. The Morgan fingerprint density at radius 1 is 1.14 bits per heavy atom. The predicted octanol–water partition coefficient (Wildman–Crippen LogP) is 2.34. The van der Waals surface area contributed by atoms with Crippen molar-refractivity contribution in [2.75, 3.05) is 13.2 Å². The van der Waals surface area contributed by atoms with E-state index in [-0.39, 0.29) is 26.0 Å². The van der Waals surface area contributed by atoms with Gasteiger partial charge >= 0.3 is 12.2 Å². The van der Waals surface area contributed by atoms with Gasteiger partial charge in [0.1, 0.15) is 23.7 Å². The van der Waals surface area contributed by atoms with Crippen molar-refractivity contribution >= 4 is 46.0 Å². The molecule has 3 fully saturated rings. The van der Waals surface area contributed by atoms with Crippen molar-refractivity contribution in [3.63, 3.8) is 0 Å². The molecule has 1 saturated heterocycles. The van der Waals surface area contributed by atoms with E-state index in [4.69, 9.17) is 9.47 Å². The third-order valence-corrected chi connectivity index (χ3v) is 11.7. The van der Waals surface area contributed by atoms with Gasteiger partial charge in [0.05, 0.1) is 24.9 Å². The first-order valence-corrected chi connectivity index (χ1v) is 18.1. The molecule has 3 aliphatic heterocycles. The van der Waals surface area contributed by atoms with Gasteiger partial charge in [0.25, 0.3) is 5.91 Å². The Bertz CT molecular complexity index is 1720. The standard InChI is InChI=1S/C34H43N5O9S/c1-5-22-16-34(22,30(42)37-49(45,46)24-12-13-24)36-28(40)26-15-23-18-39(26)29(41)27(33(2,3)4)35-31(43)47-14-7-6-9-20-10-8-11-21-17-38(19-25(20)21)32(44)48-23/h5-6,8-11,22-24,26-27H,1,7,12-19H2,2-4H3,(H,35,43)(H,36,40)(H,37,42)/b9-6+/t22-,23-,26+,27-,34-/m1/s1. The molecule has 0 aromatic heterocycles. The number of ether oxygens (including phenoxy) is 2. The zero-order valence-corrected chi connectivity index (χ0v) is 28.7. The molecule has 264 valence electrons. The maximum absolute atomic E-state index is 14.3. The van der Waals surface area contributed by atoms with Gasteiger partial charge in [-0.1, -0.05) is 57.2 Å². The van der Waals surface area contributed by atoms with Gasteiger partial charge < -0.3 is 25.0 Å². The molecule has 1 aromatic carbocycles. The van der Waals surface area contributed by atoms with E-state index in [9.17, 15) is 32.4 Å². The topological polar surface area (TPSA) is 181 Å². The third-order valence-electron chi connectivity index (χ3n) is 9.83. The number of carbonyl (C=O) groups is 5. The molecule has 0 radical (unpaired) electrons. The fourth-order valence-electron chi connectivity index (χ4n) is 6.75. The van der Waals surface area contributed by atoms with Crippen LogP contribution in [-0.2, 0) is 47.0 Å².